The van der Waals surface area contributed by atoms with Crippen molar-refractivity contribution in [1.29, 1.82) is 0 Å². The van der Waals surface area contributed by atoms with Crippen molar-refractivity contribution in [3.05, 3.63) is 15.9 Å². The van der Waals surface area contributed by atoms with E-state index in [2.05, 4.69) is 26.3 Å². The fourth-order valence-corrected chi connectivity index (χ4v) is 2.94. The Labute approximate surface area is 129 Å². The zero-order valence-electron chi connectivity index (χ0n) is 11.6. The summed E-state index contributed by atoms with van der Waals surface area (Å²) in [5, 5.41) is 6.36. The average molecular weight is 368 g/mol. The molecule has 0 radical (unpaired) electrons. The van der Waals surface area contributed by atoms with E-state index in [1.165, 1.54) is 4.68 Å². The van der Waals surface area contributed by atoms with Gasteiger partial charge in [0.15, 0.2) is 5.69 Å². The summed E-state index contributed by atoms with van der Waals surface area (Å²) >= 11 is 3.02. The normalized spacial score (nSPS) is 15.3. The van der Waals surface area contributed by atoms with Gasteiger partial charge in [0.1, 0.15) is 0 Å². The first-order valence-corrected chi connectivity index (χ1v) is 7.74. The summed E-state index contributed by atoms with van der Waals surface area (Å²) in [5.74, 6) is -0.0551. The van der Waals surface area contributed by atoms with E-state index < -0.39 is 11.9 Å². The molecule has 0 unspecified atom stereocenters. The molecule has 8 heteroatoms. The number of halogens is 4. The third-order valence-electron chi connectivity index (χ3n) is 3.29. The lowest BCUT2D eigenvalue weighted by molar-refractivity contribution is -0.142. The summed E-state index contributed by atoms with van der Waals surface area (Å²) in [4.78, 5) is 11.6. The van der Waals surface area contributed by atoms with Gasteiger partial charge in [-0.2, -0.15) is 18.3 Å². The molecule has 0 atom stereocenters. The van der Waals surface area contributed by atoms with Crippen LogP contribution in [0.25, 0.3) is 0 Å². The molecule has 1 N–H and O–H groups in total. The molecule has 21 heavy (non-hydrogen) atoms. The Bertz CT molecular complexity index is 523. The predicted molar refractivity (Wildman–Crippen MR) is 74.8 cm³/mol. The molecule has 1 amide bonds. The van der Waals surface area contributed by atoms with Crippen LogP contribution >= 0.6 is 15.9 Å². The van der Waals surface area contributed by atoms with E-state index in [1.807, 2.05) is 6.92 Å². The number of nitrogens with zero attached hydrogens (tertiary/aromatic N) is 2. The minimum absolute atomic E-state index is 0.0199. The Balaban J connectivity index is 2.13. The fraction of sp³-hybridized carbons (Fsp3) is 0.692. The summed E-state index contributed by atoms with van der Waals surface area (Å²) < 4.78 is 40.1. The van der Waals surface area contributed by atoms with Crippen molar-refractivity contribution in [2.24, 2.45) is 0 Å². The largest absolute Gasteiger partial charge is 0.436 e. The number of hydrogen-bond donors (Lipinski definition) is 1. The van der Waals surface area contributed by atoms with E-state index >= 15 is 0 Å². The van der Waals surface area contributed by atoms with Gasteiger partial charge in [-0.25, -0.2) is 0 Å². The summed E-state index contributed by atoms with van der Waals surface area (Å²) in [5.41, 5.74) is -0.344. The number of alkyl halides is 3. The van der Waals surface area contributed by atoms with Gasteiger partial charge in [-0.15, -0.1) is 0 Å². The topological polar surface area (TPSA) is 46.9 Å². The molecule has 0 bridgehead atoms. The lowest BCUT2D eigenvalue weighted by atomic mass is 10.2. The molecule has 1 aliphatic carbocycles. The Morgan fingerprint density at radius 1 is 1.48 bits per heavy atom. The van der Waals surface area contributed by atoms with Gasteiger partial charge < -0.3 is 5.32 Å². The Morgan fingerprint density at radius 2 is 2.14 bits per heavy atom. The molecule has 0 saturated heterocycles. The van der Waals surface area contributed by atoms with E-state index in [0.717, 1.165) is 19.3 Å². The molecule has 1 aromatic heterocycles. The van der Waals surface area contributed by atoms with Crippen LogP contribution in [-0.4, -0.2) is 22.2 Å². The molecule has 1 fully saturated rings. The summed E-state index contributed by atoms with van der Waals surface area (Å²) in [6.45, 7) is 2.67. The molecule has 2 rings (SSSR count). The lowest BCUT2D eigenvalue weighted by Gasteiger charge is -2.07. The zero-order chi connectivity index (χ0) is 15.6. The van der Waals surface area contributed by atoms with Crippen LogP contribution in [0.15, 0.2) is 4.47 Å². The maximum Gasteiger partial charge on any atom is 0.436 e. The van der Waals surface area contributed by atoms with E-state index in [9.17, 15) is 18.0 Å². The minimum atomic E-state index is -4.49. The maximum atomic E-state index is 12.9. The summed E-state index contributed by atoms with van der Waals surface area (Å²) in [6.07, 6.45) is -1.80. The van der Waals surface area contributed by atoms with E-state index in [1.54, 1.807) is 0 Å². The Morgan fingerprint density at radius 3 is 2.67 bits per heavy atom. The molecule has 1 aromatic rings. The van der Waals surface area contributed by atoms with Gasteiger partial charge in [0.25, 0.3) is 0 Å². The van der Waals surface area contributed by atoms with Crippen LogP contribution in [0.1, 0.15) is 49.9 Å². The van der Waals surface area contributed by atoms with Gasteiger partial charge in [-0.05, 0) is 35.2 Å². The number of aryl methyl sites for hydroxylation is 1. The third kappa shape index (κ3) is 3.99. The van der Waals surface area contributed by atoms with Crippen molar-refractivity contribution in [3.8, 4) is 0 Å². The number of rotatable bonds is 6. The van der Waals surface area contributed by atoms with Crippen LogP contribution < -0.4 is 5.32 Å². The van der Waals surface area contributed by atoms with Crippen molar-refractivity contribution >= 4 is 21.8 Å². The van der Waals surface area contributed by atoms with Crippen LogP contribution in [0.2, 0.25) is 0 Å². The second kappa shape index (κ2) is 6.37. The van der Waals surface area contributed by atoms with E-state index in [0.29, 0.717) is 12.2 Å². The Kier molecular flexibility index (Phi) is 4.95. The first kappa shape index (κ1) is 16.3. The highest BCUT2D eigenvalue weighted by molar-refractivity contribution is 9.10. The molecular formula is C13H17BrF3N3O. The van der Waals surface area contributed by atoms with Gasteiger partial charge in [0.2, 0.25) is 5.91 Å². The summed E-state index contributed by atoms with van der Waals surface area (Å²) in [6, 6.07) is 0. The van der Waals surface area contributed by atoms with Gasteiger partial charge in [-0.3, -0.25) is 9.48 Å². The molecule has 4 nitrogen and oxygen atoms in total. The smallest absolute Gasteiger partial charge is 0.356 e. The number of hydrogen-bond acceptors (Lipinski definition) is 2. The highest BCUT2D eigenvalue weighted by atomic mass is 79.9. The highest BCUT2D eigenvalue weighted by Gasteiger charge is 2.41. The molecule has 118 valence electrons. The van der Waals surface area contributed by atoms with Crippen molar-refractivity contribution in [3.63, 3.8) is 0 Å². The van der Waals surface area contributed by atoms with Crippen LogP contribution in [0.5, 0.6) is 0 Å². The van der Waals surface area contributed by atoms with Crippen molar-refractivity contribution < 1.29 is 18.0 Å². The quantitative estimate of drug-likeness (QED) is 0.836. The third-order valence-corrected chi connectivity index (χ3v) is 4.07. The molecule has 1 heterocycles. The van der Waals surface area contributed by atoms with Crippen molar-refractivity contribution in [1.82, 2.24) is 15.1 Å². The van der Waals surface area contributed by atoms with Gasteiger partial charge in [-0.1, -0.05) is 6.92 Å². The van der Waals surface area contributed by atoms with Gasteiger partial charge in [0.05, 0.1) is 16.7 Å². The second-order valence-corrected chi connectivity index (χ2v) is 5.94. The standard InChI is InChI=1S/C13H17BrF3N3O/c1-2-6-18-9(21)5-7-20-11(8-3-4-8)10(14)12(19-20)13(15,16)17/h8H,2-7H2,1H3,(H,18,21). The van der Waals surface area contributed by atoms with Gasteiger partial charge in [0, 0.05) is 18.9 Å². The minimum Gasteiger partial charge on any atom is -0.356 e. The average Bonchev–Trinajstić information content (AvgIpc) is 3.17. The molecular weight excluding hydrogens is 351 g/mol. The fourth-order valence-electron chi connectivity index (χ4n) is 2.11. The molecule has 1 aliphatic rings. The highest BCUT2D eigenvalue weighted by Crippen LogP contribution is 2.46. The van der Waals surface area contributed by atoms with Crippen LogP contribution in [0.3, 0.4) is 0 Å². The van der Waals surface area contributed by atoms with Crippen LogP contribution in [-0.2, 0) is 17.5 Å². The first-order chi connectivity index (χ1) is 9.84. The van der Waals surface area contributed by atoms with E-state index in [-0.39, 0.29) is 29.3 Å². The molecule has 0 aliphatic heterocycles. The van der Waals surface area contributed by atoms with Crippen molar-refractivity contribution in [2.45, 2.75) is 51.2 Å². The predicted octanol–water partition coefficient (Wildman–Crippen LogP) is 3.46. The number of aromatic nitrogens is 2. The Hall–Kier alpha value is -1.05. The SMILES string of the molecule is CCCNC(=O)CCn1nc(C(F)(F)F)c(Br)c1C1CC1. The number of carbonyl (C=O) groups is 1. The van der Waals surface area contributed by atoms with Gasteiger partial charge >= 0.3 is 6.18 Å². The molecule has 0 aromatic carbocycles. The number of nitrogens with one attached hydrogen (secondary N) is 1. The maximum absolute atomic E-state index is 12.9. The second-order valence-electron chi connectivity index (χ2n) is 5.14. The lowest BCUT2D eigenvalue weighted by Crippen LogP contribution is -2.25. The van der Waals surface area contributed by atoms with Crippen molar-refractivity contribution in [2.75, 3.05) is 6.54 Å². The zero-order valence-corrected chi connectivity index (χ0v) is 13.2. The van der Waals surface area contributed by atoms with Crippen LogP contribution in [0, 0.1) is 0 Å². The first-order valence-electron chi connectivity index (χ1n) is 6.94. The molecule has 1 saturated carbocycles. The number of carbonyl (C=O) groups excluding carboxylic acids is 1. The van der Waals surface area contributed by atoms with Crippen LogP contribution in [0.4, 0.5) is 13.2 Å². The summed E-state index contributed by atoms with van der Waals surface area (Å²) in [7, 11) is 0. The number of amides is 1. The monoisotopic (exact) mass is 367 g/mol. The van der Waals surface area contributed by atoms with E-state index in [4.69, 9.17) is 0 Å². The molecule has 0 spiro atoms.